The van der Waals surface area contributed by atoms with E-state index in [1.54, 1.807) is 17.1 Å². The largest absolute Gasteiger partial charge is 0.391 e. The summed E-state index contributed by atoms with van der Waals surface area (Å²) in [7, 11) is 0. The molecule has 1 heterocycles. The molecule has 0 fully saturated rings. The quantitative estimate of drug-likeness (QED) is 0.356. The van der Waals surface area contributed by atoms with Gasteiger partial charge in [-0.05, 0) is 12.1 Å². The van der Waals surface area contributed by atoms with E-state index in [1.807, 2.05) is 24.3 Å². The minimum atomic E-state index is 0.372. The van der Waals surface area contributed by atoms with Crippen LogP contribution < -0.4 is 0 Å². The molecule has 0 aliphatic carbocycles. The molecule has 0 unspecified atom stereocenters. The van der Waals surface area contributed by atoms with Crippen molar-refractivity contribution < 1.29 is 4.84 Å². The number of benzene rings is 1. The highest BCUT2D eigenvalue weighted by molar-refractivity contribution is 9.10. The Morgan fingerprint density at radius 3 is 2.84 bits per heavy atom. The van der Waals surface area contributed by atoms with Gasteiger partial charge in [-0.3, -0.25) is 0 Å². The van der Waals surface area contributed by atoms with E-state index < -0.39 is 0 Å². The summed E-state index contributed by atoms with van der Waals surface area (Å²) < 4.78 is 2.71. The lowest BCUT2D eigenvalue weighted by molar-refractivity contribution is 0.174. The maximum absolute atomic E-state index is 5.18. The van der Waals surface area contributed by atoms with Gasteiger partial charge in [0.15, 0.2) is 0 Å². The van der Waals surface area contributed by atoms with Crippen LogP contribution in [0.25, 0.3) is 0 Å². The fourth-order valence-corrected chi connectivity index (χ4v) is 1.72. The van der Waals surface area contributed by atoms with Crippen LogP contribution in [0.15, 0.2) is 59.2 Å². The third kappa shape index (κ3) is 4.03. The summed E-state index contributed by atoms with van der Waals surface area (Å²) >= 11 is 3.41. The van der Waals surface area contributed by atoms with Crippen molar-refractivity contribution in [2.45, 2.75) is 6.54 Å². The molecule has 2 rings (SSSR count). The predicted octanol–water partition coefficient (Wildman–Crippen LogP) is 2.65. The molecular formula is C13H13BrN4O. The molecule has 0 bridgehead atoms. The first-order chi connectivity index (χ1) is 9.29. The molecule has 0 aliphatic heterocycles. The van der Waals surface area contributed by atoms with Gasteiger partial charge in [-0.2, -0.15) is 5.10 Å². The number of aromatic nitrogens is 3. The fourth-order valence-electron chi connectivity index (χ4n) is 1.45. The smallest absolute Gasteiger partial charge is 0.137 e. The van der Waals surface area contributed by atoms with E-state index in [4.69, 9.17) is 4.84 Å². The average Bonchev–Trinajstić information content (AvgIpc) is 2.92. The van der Waals surface area contributed by atoms with E-state index in [-0.39, 0.29) is 0 Å². The van der Waals surface area contributed by atoms with Crippen molar-refractivity contribution in [3.8, 4) is 0 Å². The molecule has 0 atom stereocenters. The van der Waals surface area contributed by atoms with Gasteiger partial charge in [-0.25, -0.2) is 9.67 Å². The Hall–Kier alpha value is -1.95. The number of hydrogen-bond donors (Lipinski definition) is 0. The molecule has 6 heteroatoms. The Morgan fingerprint density at radius 2 is 2.21 bits per heavy atom. The molecule has 1 aromatic heterocycles. The van der Waals surface area contributed by atoms with Gasteiger partial charge in [0.05, 0.1) is 6.54 Å². The van der Waals surface area contributed by atoms with Crippen molar-refractivity contribution in [3.05, 3.63) is 59.6 Å². The second-order valence-electron chi connectivity index (χ2n) is 3.72. The second-order valence-corrected chi connectivity index (χ2v) is 4.64. The van der Waals surface area contributed by atoms with Gasteiger partial charge in [-0.15, -0.1) is 0 Å². The molecule has 0 aliphatic rings. The third-order valence-corrected chi connectivity index (χ3v) is 2.85. The summed E-state index contributed by atoms with van der Waals surface area (Å²) in [6.07, 6.45) is 4.78. The summed E-state index contributed by atoms with van der Waals surface area (Å²) in [6.45, 7) is 4.46. The zero-order valence-electron chi connectivity index (χ0n) is 10.2. The van der Waals surface area contributed by atoms with Crippen LogP contribution in [-0.2, 0) is 11.4 Å². The fraction of sp³-hybridized carbons (Fsp3) is 0.154. The van der Waals surface area contributed by atoms with Gasteiger partial charge < -0.3 is 4.84 Å². The summed E-state index contributed by atoms with van der Waals surface area (Å²) in [6, 6.07) is 7.85. The maximum atomic E-state index is 5.18. The molecule has 0 spiro atoms. The second kappa shape index (κ2) is 6.84. The molecule has 2 aromatic rings. The first-order valence-corrected chi connectivity index (χ1v) is 6.47. The Balaban J connectivity index is 2.20. The summed E-state index contributed by atoms with van der Waals surface area (Å²) in [5, 5.41) is 8.20. The Labute approximate surface area is 119 Å². The van der Waals surface area contributed by atoms with Crippen LogP contribution in [0.1, 0.15) is 5.56 Å². The number of hydrogen-bond acceptors (Lipinski definition) is 4. The molecule has 5 nitrogen and oxygen atoms in total. The van der Waals surface area contributed by atoms with Crippen molar-refractivity contribution in [2.75, 3.05) is 6.61 Å². The maximum Gasteiger partial charge on any atom is 0.137 e. The monoisotopic (exact) mass is 320 g/mol. The lowest BCUT2D eigenvalue weighted by Crippen LogP contribution is -2.13. The number of nitrogens with zero attached hydrogens (tertiary/aromatic N) is 4. The van der Waals surface area contributed by atoms with Crippen molar-refractivity contribution >= 4 is 21.6 Å². The third-order valence-electron chi connectivity index (χ3n) is 2.32. The SMILES string of the molecule is C=CCO/N=C(/Cn1cncn1)c1ccc(Br)cc1. The van der Waals surface area contributed by atoms with Crippen LogP contribution in [0.5, 0.6) is 0 Å². The van der Waals surface area contributed by atoms with Crippen LogP contribution in [0.4, 0.5) is 0 Å². The number of oxime groups is 1. The molecule has 0 saturated heterocycles. The van der Waals surface area contributed by atoms with Gasteiger partial charge in [0.1, 0.15) is 25.0 Å². The summed E-state index contributed by atoms with van der Waals surface area (Å²) in [5.41, 5.74) is 1.75. The number of halogens is 1. The Morgan fingerprint density at radius 1 is 1.42 bits per heavy atom. The molecular weight excluding hydrogens is 308 g/mol. The van der Waals surface area contributed by atoms with E-state index in [0.29, 0.717) is 13.2 Å². The normalized spacial score (nSPS) is 11.3. The van der Waals surface area contributed by atoms with Gasteiger partial charge in [0.2, 0.25) is 0 Å². The van der Waals surface area contributed by atoms with Crippen LogP contribution >= 0.6 is 15.9 Å². The van der Waals surface area contributed by atoms with E-state index in [2.05, 4.69) is 37.7 Å². The molecule has 98 valence electrons. The Kier molecular flexibility index (Phi) is 4.85. The molecule has 0 saturated carbocycles. The van der Waals surface area contributed by atoms with Gasteiger partial charge in [0, 0.05) is 10.0 Å². The topological polar surface area (TPSA) is 52.3 Å². The van der Waals surface area contributed by atoms with Crippen molar-refractivity contribution in [3.63, 3.8) is 0 Å². The molecule has 19 heavy (non-hydrogen) atoms. The van der Waals surface area contributed by atoms with Gasteiger partial charge in [0.25, 0.3) is 0 Å². The van der Waals surface area contributed by atoms with Crippen LogP contribution in [0, 0.1) is 0 Å². The average molecular weight is 321 g/mol. The van der Waals surface area contributed by atoms with E-state index >= 15 is 0 Å². The number of rotatable bonds is 6. The van der Waals surface area contributed by atoms with E-state index in [0.717, 1.165) is 15.7 Å². The zero-order valence-corrected chi connectivity index (χ0v) is 11.8. The molecule has 0 radical (unpaired) electrons. The zero-order chi connectivity index (χ0) is 13.5. The summed E-state index contributed by atoms with van der Waals surface area (Å²) in [4.78, 5) is 9.09. The van der Waals surface area contributed by atoms with Crippen LogP contribution in [0.2, 0.25) is 0 Å². The summed E-state index contributed by atoms with van der Waals surface area (Å²) in [5.74, 6) is 0. The Bertz CT molecular complexity index is 549. The highest BCUT2D eigenvalue weighted by Crippen LogP contribution is 2.12. The van der Waals surface area contributed by atoms with Crippen LogP contribution in [0.3, 0.4) is 0 Å². The minimum absolute atomic E-state index is 0.372. The van der Waals surface area contributed by atoms with Crippen molar-refractivity contribution in [1.29, 1.82) is 0 Å². The first kappa shape index (κ1) is 13.5. The minimum Gasteiger partial charge on any atom is -0.391 e. The highest BCUT2D eigenvalue weighted by atomic mass is 79.9. The first-order valence-electron chi connectivity index (χ1n) is 5.67. The van der Waals surface area contributed by atoms with Crippen molar-refractivity contribution in [1.82, 2.24) is 14.8 Å². The molecule has 1 aromatic carbocycles. The predicted molar refractivity (Wildman–Crippen MR) is 76.9 cm³/mol. The van der Waals surface area contributed by atoms with Crippen molar-refractivity contribution in [2.24, 2.45) is 5.16 Å². The van der Waals surface area contributed by atoms with Crippen LogP contribution in [-0.4, -0.2) is 27.1 Å². The van der Waals surface area contributed by atoms with Gasteiger partial charge >= 0.3 is 0 Å². The highest BCUT2D eigenvalue weighted by Gasteiger charge is 2.06. The van der Waals surface area contributed by atoms with E-state index in [1.165, 1.54) is 6.33 Å². The van der Waals surface area contributed by atoms with Gasteiger partial charge in [-0.1, -0.05) is 45.9 Å². The molecule has 0 amide bonds. The lowest BCUT2D eigenvalue weighted by Gasteiger charge is -2.06. The standard InChI is InChI=1S/C13H13BrN4O/c1-2-7-19-17-13(8-18-10-15-9-16-18)11-3-5-12(14)6-4-11/h2-6,9-10H,1,7-8H2/b17-13-. The van der Waals surface area contributed by atoms with E-state index in [9.17, 15) is 0 Å². The lowest BCUT2D eigenvalue weighted by atomic mass is 10.1. The molecule has 0 N–H and O–H groups in total.